The number of rotatable bonds is 3. The van der Waals surface area contributed by atoms with Crippen molar-refractivity contribution in [2.24, 2.45) is 5.73 Å². The molecule has 16 heavy (non-hydrogen) atoms. The zero-order valence-corrected chi connectivity index (χ0v) is 8.41. The minimum absolute atomic E-state index is 0.0358. The lowest BCUT2D eigenvalue weighted by atomic mass is 10.2. The van der Waals surface area contributed by atoms with Crippen molar-refractivity contribution in [3.8, 4) is 11.6 Å². The van der Waals surface area contributed by atoms with Crippen molar-refractivity contribution in [2.75, 3.05) is 6.54 Å². The zero-order valence-electron chi connectivity index (χ0n) is 8.41. The first-order valence-corrected chi connectivity index (χ1v) is 4.76. The van der Waals surface area contributed by atoms with Gasteiger partial charge in [-0.2, -0.15) is 0 Å². The van der Waals surface area contributed by atoms with Crippen molar-refractivity contribution in [3.05, 3.63) is 36.0 Å². The van der Waals surface area contributed by atoms with E-state index >= 15 is 0 Å². The molecule has 0 aliphatic rings. The summed E-state index contributed by atoms with van der Waals surface area (Å²) < 4.78 is 5.76. The molecule has 2 rings (SSSR count). The second kappa shape index (κ2) is 4.30. The molecule has 0 amide bonds. The normalized spacial score (nSPS) is 12.6. The average Bonchev–Trinajstić information content (AvgIpc) is 2.71. The third-order valence-corrected chi connectivity index (χ3v) is 2.18. The predicted octanol–water partition coefficient (Wildman–Crippen LogP) is -0.983. The molecule has 84 valence electrons. The second-order valence-corrected chi connectivity index (χ2v) is 3.24. The van der Waals surface area contributed by atoms with E-state index in [0.29, 0.717) is 5.69 Å². The minimum atomic E-state index is -1.08. The monoisotopic (exact) mass is 221 g/mol. The molecular weight excluding hydrogens is 210 g/mol. The number of aliphatic hydroxyl groups is 1. The molecule has 0 spiro atoms. The highest BCUT2D eigenvalue weighted by atomic mass is 16.6. The molecular formula is C10H11N3O3. The Hall–Kier alpha value is -1.92. The standard InChI is InChI=1S/C10H11N3O3/c11-6-8(14)9-10(15)16-12-13(9)7-4-2-1-3-5-7/h1-5,8,14H,6,11H2. The van der Waals surface area contributed by atoms with Gasteiger partial charge in [0.25, 0.3) is 5.69 Å². The number of hydrogen-bond donors (Lipinski definition) is 2. The van der Waals surface area contributed by atoms with Crippen LogP contribution in [-0.4, -0.2) is 16.9 Å². The van der Waals surface area contributed by atoms with E-state index in [1.54, 1.807) is 24.3 Å². The fraction of sp³-hybridized carbons (Fsp3) is 0.200. The number of hydrogen-bond acceptors (Lipinski definition) is 5. The van der Waals surface area contributed by atoms with Gasteiger partial charge in [0, 0.05) is 18.7 Å². The molecule has 1 aromatic heterocycles. The smallest absolute Gasteiger partial charge is 0.269 e. The van der Waals surface area contributed by atoms with Gasteiger partial charge in [-0.1, -0.05) is 18.2 Å². The molecule has 0 saturated heterocycles. The summed E-state index contributed by atoms with van der Waals surface area (Å²) in [6.07, 6.45) is -1.08. The number of benzene rings is 1. The maximum Gasteiger partial charge on any atom is 0.269 e. The van der Waals surface area contributed by atoms with Gasteiger partial charge >= 0.3 is 0 Å². The lowest BCUT2D eigenvalue weighted by molar-refractivity contribution is -0.680. The summed E-state index contributed by atoms with van der Waals surface area (Å²) >= 11 is 0. The van der Waals surface area contributed by atoms with Crippen LogP contribution in [0.4, 0.5) is 0 Å². The molecule has 1 heterocycles. The number of para-hydroxylation sites is 1. The Morgan fingerprint density at radius 1 is 1.44 bits per heavy atom. The average molecular weight is 221 g/mol. The van der Waals surface area contributed by atoms with Crippen molar-refractivity contribution in [3.63, 3.8) is 0 Å². The van der Waals surface area contributed by atoms with Gasteiger partial charge in [-0.3, -0.25) is 0 Å². The fourth-order valence-corrected chi connectivity index (χ4v) is 1.40. The molecule has 2 aromatic rings. The molecule has 1 atom stereocenters. The first-order chi connectivity index (χ1) is 7.74. The lowest BCUT2D eigenvalue weighted by Crippen LogP contribution is -2.39. The van der Waals surface area contributed by atoms with E-state index in [9.17, 15) is 10.2 Å². The highest BCUT2D eigenvalue weighted by molar-refractivity contribution is 5.22. The van der Waals surface area contributed by atoms with Crippen molar-refractivity contribution >= 4 is 0 Å². The third-order valence-electron chi connectivity index (χ3n) is 2.18. The quantitative estimate of drug-likeness (QED) is 0.649. The highest BCUT2D eigenvalue weighted by Gasteiger charge is 2.26. The molecule has 0 aliphatic heterocycles. The number of aliphatic hydroxyl groups excluding tert-OH is 1. The van der Waals surface area contributed by atoms with Gasteiger partial charge in [0.2, 0.25) is 5.69 Å². The van der Waals surface area contributed by atoms with Crippen LogP contribution >= 0.6 is 0 Å². The molecule has 0 aliphatic carbocycles. The number of nitrogens with two attached hydrogens (primary N) is 1. The zero-order chi connectivity index (χ0) is 11.5. The first-order valence-electron chi connectivity index (χ1n) is 4.76. The van der Waals surface area contributed by atoms with E-state index in [2.05, 4.69) is 9.79 Å². The molecule has 3 N–H and O–H groups in total. The van der Waals surface area contributed by atoms with Gasteiger partial charge in [0.15, 0.2) is 12.1 Å². The maximum atomic E-state index is 11.3. The summed E-state index contributed by atoms with van der Waals surface area (Å²) in [5.74, 6) is -0.679. The maximum absolute atomic E-state index is 11.3. The Bertz CT molecular complexity index is 469. The van der Waals surface area contributed by atoms with Gasteiger partial charge in [0.1, 0.15) is 0 Å². The van der Waals surface area contributed by atoms with E-state index in [0.717, 1.165) is 0 Å². The highest BCUT2D eigenvalue weighted by Crippen LogP contribution is 2.17. The van der Waals surface area contributed by atoms with Crippen LogP contribution in [0.25, 0.3) is 5.69 Å². The van der Waals surface area contributed by atoms with Crippen LogP contribution in [0.1, 0.15) is 11.8 Å². The second-order valence-electron chi connectivity index (χ2n) is 3.24. The van der Waals surface area contributed by atoms with Crippen molar-refractivity contribution in [1.29, 1.82) is 0 Å². The predicted molar refractivity (Wildman–Crippen MR) is 51.5 cm³/mol. The minimum Gasteiger partial charge on any atom is -0.539 e. The van der Waals surface area contributed by atoms with Gasteiger partial charge in [0.05, 0.1) is 5.27 Å². The summed E-state index contributed by atoms with van der Waals surface area (Å²) in [6, 6.07) is 8.91. The topological polar surface area (TPSA) is 99.2 Å². The van der Waals surface area contributed by atoms with E-state index in [4.69, 9.17) is 5.73 Å². The van der Waals surface area contributed by atoms with Crippen LogP contribution in [0, 0.1) is 0 Å². The van der Waals surface area contributed by atoms with Gasteiger partial charge in [-0.25, -0.2) is 0 Å². The Morgan fingerprint density at radius 3 is 2.75 bits per heavy atom. The molecule has 1 aromatic carbocycles. The summed E-state index contributed by atoms with van der Waals surface area (Å²) in [7, 11) is 0. The van der Waals surface area contributed by atoms with Crippen molar-refractivity contribution in [1.82, 2.24) is 5.27 Å². The molecule has 0 bridgehead atoms. The molecule has 0 fully saturated rings. The van der Waals surface area contributed by atoms with Gasteiger partial charge < -0.3 is 20.5 Å². The third kappa shape index (κ3) is 1.75. The van der Waals surface area contributed by atoms with Gasteiger partial charge in [-0.15, -0.1) is 0 Å². The number of aromatic nitrogens is 2. The molecule has 6 heteroatoms. The van der Waals surface area contributed by atoms with Crippen LogP contribution in [0.15, 0.2) is 34.9 Å². The Morgan fingerprint density at radius 2 is 2.12 bits per heavy atom. The van der Waals surface area contributed by atoms with Crippen LogP contribution in [-0.2, 0) is 0 Å². The number of nitrogens with zero attached hydrogens (tertiary/aromatic N) is 2. The summed E-state index contributed by atoms with van der Waals surface area (Å²) in [5.41, 5.74) is 5.98. The van der Waals surface area contributed by atoms with Crippen molar-refractivity contribution < 1.29 is 19.4 Å². The Labute approximate surface area is 91.5 Å². The van der Waals surface area contributed by atoms with Crippen LogP contribution in [0.5, 0.6) is 5.95 Å². The van der Waals surface area contributed by atoms with Gasteiger partial charge in [-0.05, 0) is 4.68 Å². The Kier molecular flexibility index (Phi) is 2.84. The van der Waals surface area contributed by atoms with E-state index in [-0.39, 0.29) is 12.2 Å². The fourth-order valence-electron chi connectivity index (χ4n) is 1.40. The van der Waals surface area contributed by atoms with Crippen molar-refractivity contribution in [2.45, 2.75) is 6.10 Å². The van der Waals surface area contributed by atoms with E-state index in [1.807, 2.05) is 6.07 Å². The van der Waals surface area contributed by atoms with Crippen LogP contribution < -0.4 is 15.5 Å². The van der Waals surface area contributed by atoms with E-state index < -0.39 is 12.1 Å². The molecule has 1 unspecified atom stereocenters. The summed E-state index contributed by atoms with van der Waals surface area (Å²) in [5, 5.41) is 24.5. The summed E-state index contributed by atoms with van der Waals surface area (Å²) in [6.45, 7) is -0.0662. The molecule has 6 nitrogen and oxygen atoms in total. The lowest BCUT2D eigenvalue weighted by Gasteiger charge is -2.03. The van der Waals surface area contributed by atoms with E-state index in [1.165, 1.54) is 4.68 Å². The van der Waals surface area contributed by atoms with Crippen LogP contribution in [0.2, 0.25) is 0 Å². The van der Waals surface area contributed by atoms with Crippen LogP contribution in [0.3, 0.4) is 0 Å². The molecule has 0 radical (unpaired) electrons. The summed E-state index contributed by atoms with van der Waals surface area (Å²) in [4.78, 5) is 0. The SMILES string of the molecule is NCC(O)c1c([O-])on[n+]1-c1ccccc1. The first kappa shape index (κ1) is 10.6. The molecule has 0 saturated carbocycles. The largest absolute Gasteiger partial charge is 0.539 e. The Balaban J connectivity index is 2.50.